The molecule has 0 radical (unpaired) electrons. The Morgan fingerprint density at radius 3 is 2.73 bits per heavy atom. The number of rotatable bonds is 2. The van der Waals surface area contributed by atoms with E-state index in [-0.39, 0.29) is 0 Å². The summed E-state index contributed by atoms with van der Waals surface area (Å²) in [6.07, 6.45) is 1.27. The quantitative estimate of drug-likeness (QED) is 0.838. The Morgan fingerprint density at radius 2 is 2.27 bits per heavy atom. The van der Waals surface area contributed by atoms with Gasteiger partial charge in [0.1, 0.15) is 0 Å². The minimum atomic E-state index is 0.612. The molecule has 4 heteroatoms. The summed E-state index contributed by atoms with van der Waals surface area (Å²) in [4.78, 5) is 8.25. The summed E-state index contributed by atoms with van der Waals surface area (Å²) >= 11 is 1.75. The number of nitrogens with two attached hydrogens (primary N) is 1. The van der Waals surface area contributed by atoms with Crippen molar-refractivity contribution in [2.75, 3.05) is 11.4 Å². The van der Waals surface area contributed by atoms with E-state index in [0.29, 0.717) is 12.6 Å². The molecule has 0 aromatic carbocycles. The van der Waals surface area contributed by atoms with Gasteiger partial charge in [-0.2, -0.15) is 0 Å². The Balaban J connectivity index is 2.22. The minimum absolute atomic E-state index is 0.612. The first-order chi connectivity index (χ1) is 7.11. The van der Waals surface area contributed by atoms with Gasteiger partial charge in [0, 0.05) is 24.0 Å². The SMILES string of the molecule is Cc1nc(N2CC(C)CC2C)sc1CN. The van der Waals surface area contributed by atoms with Crippen LogP contribution in [0.15, 0.2) is 0 Å². The van der Waals surface area contributed by atoms with Gasteiger partial charge in [-0.3, -0.25) is 0 Å². The molecule has 1 aromatic rings. The van der Waals surface area contributed by atoms with E-state index in [1.807, 2.05) is 6.92 Å². The molecule has 0 amide bonds. The van der Waals surface area contributed by atoms with Crippen LogP contribution in [-0.2, 0) is 6.54 Å². The highest BCUT2D eigenvalue weighted by molar-refractivity contribution is 7.15. The van der Waals surface area contributed by atoms with Gasteiger partial charge < -0.3 is 10.6 Å². The van der Waals surface area contributed by atoms with Crippen molar-refractivity contribution in [2.24, 2.45) is 11.7 Å². The van der Waals surface area contributed by atoms with Crippen LogP contribution in [0.1, 0.15) is 30.8 Å². The van der Waals surface area contributed by atoms with Crippen molar-refractivity contribution >= 4 is 16.5 Å². The Bertz CT molecular complexity index is 348. The predicted molar refractivity (Wildman–Crippen MR) is 65.3 cm³/mol. The van der Waals surface area contributed by atoms with Crippen molar-refractivity contribution in [1.29, 1.82) is 0 Å². The third-order valence-corrected chi connectivity index (χ3v) is 4.31. The van der Waals surface area contributed by atoms with Crippen molar-refractivity contribution in [2.45, 2.75) is 39.8 Å². The highest BCUT2D eigenvalue weighted by Crippen LogP contribution is 2.33. The molecule has 15 heavy (non-hydrogen) atoms. The van der Waals surface area contributed by atoms with Crippen LogP contribution >= 0.6 is 11.3 Å². The first-order valence-corrected chi connectivity index (χ1v) is 6.36. The number of aromatic nitrogens is 1. The highest BCUT2D eigenvalue weighted by atomic mass is 32.1. The summed E-state index contributed by atoms with van der Waals surface area (Å²) in [5, 5.41) is 1.16. The van der Waals surface area contributed by atoms with Crippen molar-refractivity contribution in [3.63, 3.8) is 0 Å². The smallest absolute Gasteiger partial charge is 0.186 e. The van der Waals surface area contributed by atoms with E-state index in [2.05, 4.69) is 23.7 Å². The summed E-state index contributed by atoms with van der Waals surface area (Å²) in [6.45, 7) is 8.38. The van der Waals surface area contributed by atoms with E-state index >= 15 is 0 Å². The van der Waals surface area contributed by atoms with Crippen LogP contribution in [0, 0.1) is 12.8 Å². The summed E-state index contributed by atoms with van der Waals surface area (Å²) < 4.78 is 0. The summed E-state index contributed by atoms with van der Waals surface area (Å²) in [5.74, 6) is 0.783. The van der Waals surface area contributed by atoms with Crippen LogP contribution < -0.4 is 10.6 Å². The van der Waals surface area contributed by atoms with Crippen LogP contribution in [0.5, 0.6) is 0 Å². The third-order valence-electron chi connectivity index (χ3n) is 3.10. The molecule has 0 spiro atoms. The number of thiazole rings is 1. The van der Waals surface area contributed by atoms with Crippen LogP contribution in [0.2, 0.25) is 0 Å². The molecule has 2 rings (SSSR count). The van der Waals surface area contributed by atoms with Gasteiger partial charge in [0.2, 0.25) is 0 Å². The summed E-state index contributed by atoms with van der Waals surface area (Å²) in [6, 6.07) is 0.621. The fourth-order valence-electron chi connectivity index (χ4n) is 2.29. The monoisotopic (exact) mass is 225 g/mol. The molecule has 0 saturated carbocycles. The lowest BCUT2D eigenvalue weighted by Gasteiger charge is -2.19. The zero-order chi connectivity index (χ0) is 11.0. The topological polar surface area (TPSA) is 42.2 Å². The van der Waals surface area contributed by atoms with Gasteiger partial charge in [-0.15, -0.1) is 11.3 Å². The van der Waals surface area contributed by atoms with Crippen LogP contribution in [0.25, 0.3) is 0 Å². The fraction of sp³-hybridized carbons (Fsp3) is 0.727. The second kappa shape index (κ2) is 4.10. The Labute approximate surface area is 95.3 Å². The lowest BCUT2D eigenvalue weighted by Crippen LogP contribution is -2.26. The number of hydrogen-bond donors (Lipinski definition) is 1. The maximum absolute atomic E-state index is 5.68. The molecule has 84 valence electrons. The summed E-state index contributed by atoms with van der Waals surface area (Å²) in [7, 11) is 0. The zero-order valence-corrected chi connectivity index (χ0v) is 10.5. The van der Waals surface area contributed by atoms with Crippen molar-refractivity contribution < 1.29 is 0 Å². The molecule has 0 aliphatic carbocycles. The average molecular weight is 225 g/mol. The molecular formula is C11H19N3S. The Kier molecular flexibility index (Phi) is 2.98. The van der Waals surface area contributed by atoms with Crippen molar-refractivity contribution in [3.05, 3.63) is 10.6 Å². The van der Waals surface area contributed by atoms with Crippen molar-refractivity contribution in [3.8, 4) is 0 Å². The molecule has 2 unspecified atom stereocenters. The predicted octanol–water partition coefficient (Wildman–Crippen LogP) is 2.14. The van der Waals surface area contributed by atoms with E-state index in [9.17, 15) is 0 Å². The number of aryl methyl sites for hydroxylation is 1. The third kappa shape index (κ3) is 2.01. The van der Waals surface area contributed by atoms with Gasteiger partial charge in [-0.05, 0) is 26.2 Å². The van der Waals surface area contributed by atoms with Gasteiger partial charge in [0.05, 0.1) is 5.69 Å². The van der Waals surface area contributed by atoms with E-state index in [1.165, 1.54) is 11.3 Å². The van der Waals surface area contributed by atoms with Crippen LogP contribution in [-0.4, -0.2) is 17.6 Å². The van der Waals surface area contributed by atoms with E-state index in [4.69, 9.17) is 5.73 Å². The highest BCUT2D eigenvalue weighted by Gasteiger charge is 2.28. The molecule has 0 bridgehead atoms. The first-order valence-electron chi connectivity index (χ1n) is 5.54. The molecule has 1 fully saturated rings. The molecule has 1 saturated heterocycles. The van der Waals surface area contributed by atoms with E-state index in [1.54, 1.807) is 11.3 Å². The lowest BCUT2D eigenvalue weighted by atomic mass is 10.1. The second-order valence-electron chi connectivity index (χ2n) is 4.55. The summed E-state index contributed by atoms with van der Waals surface area (Å²) in [5.41, 5.74) is 6.78. The van der Waals surface area contributed by atoms with E-state index in [0.717, 1.165) is 23.3 Å². The molecule has 3 nitrogen and oxygen atoms in total. The van der Waals surface area contributed by atoms with Gasteiger partial charge in [-0.25, -0.2) is 4.98 Å². The number of hydrogen-bond acceptors (Lipinski definition) is 4. The molecule has 2 N–H and O–H groups in total. The Morgan fingerprint density at radius 1 is 1.53 bits per heavy atom. The Hall–Kier alpha value is -0.610. The molecule has 1 aromatic heterocycles. The minimum Gasteiger partial charge on any atom is -0.345 e. The number of anilines is 1. The second-order valence-corrected chi connectivity index (χ2v) is 5.61. The van der Waals surface area contributed by atoms with Gasteiger partial charge >= 0.3 is 0 Å². The largest absolute Gasteiger partial charge is 0.345 e. The maximum Gasteiger partial charge on any atom is 0.186 e. The number of nitrogens with zero attached hydrogens (tertiary/aromatic N) is 2. The van der Waals surface area contributed by atoms with E-state index < -0.39 is 0 Å². The normalized spacial score (nSPS) is 26.3. The maximum atomic E-state index is 5.68. The lowest BCUT2D eigenvalue weighted by molar-refractivity contribution is 0.625. The van der Waals surface area contributed by atoms with Gasteiger partial charge in [0.25, 0.3) is 0 Å². The molecule has 2 atom stereocenters. The molecule has 1 aliphatic heterocycles. The van der Waals surface area contributed by atoms with Gasteiger partial charge in [0.15, 0.2) is 5.13 Å². The molecule has 1 aliphatic rings. The zero-order valence-electron chi connectivity index (χ0n) is 9.66. The van der Waals surface area contributed by atoms with Crippen LogP contribution in [0.4, 0.5) is 5.13 Å². The van der Waals surface area contributed by atoms with Gasteiger partial charge in [-0.1, -0.05) is 6.92 Å². The average Bonchev–Trinajstić information content (AvgIpc) is 2.69. The fourth-order valence-corrected chi connectivity index (χ4v) is 3.34. The van der Waals surface area contributed by atoms with Crippen LogP contribution in [0.3, 0.4) is 0 Å². The molecule has 2 heterocycles. The van der Waals surface area contributed by atoms with Crippen molar-refractivity contribution in [1.82, 2.24) is 4.98 Å². The first kappa shape index (κ1) is 10.9. The standard InChI is InChI=1S/C11H19N3S/c1-7-4-8(2)14(6-7)11-13-9(3)10(5-12)15-11/h7-8H,4-6,12H2,1-3H3. The molecular weight excluding hydrogens is 206 g/mol.